The van der Waals surface area contributed by atoms with E-state index in [2.05, 4.69) is 5.32 Å². The Morgan fingerprint density at radius 1 is 1.38 bits per heavy atom. The maximum absolute atomic E-state index is 13.0. The monoisotopic (exact) mass is 436 g/mol. The van der Waals surface area contributed by atoms with Gasteiger partial charge in [0, 0.05) is 10.6 Å². The van der Waals surface area contributed by atoms with Crippen LogP contribution in [0.15, 0.2) is 30.3 Å². The summed E-state index contributed by atoms with van der Waals surface area (Å²) in [6, 6.07) is 7.70. The molecule has 2 atom stereocenters. The van der Waals surface area contributed by atoms with Crippen molar-refractivity contribution in [2.75, 3.05) is 11.9 Å². The van der Waals surface area contributed by atoms with E-state index in [0.717, 1.165) is 22.6 Å². The average Bonchev–Trinajstić information content (AvgIpc) is 2.36. The van der Waals surface area contributed by atoms with Crippen LogP contribution in [0.2, 0.25) is 0 Å². The quantitative estimate of drug-likeness (QED) is 0.333. The molecule has 0 aliphatic rings. The molecule has 2 unspecified atom stereocenters. The number of hydrogen-bond acceptors (Lipinski definition) is 3. The van der Waals surface area contributed by atoms with E-state index < -0.39 is 32.4 Å². The maximum Gasteiger partial charge on any atom is 0.411 e. The van der Waals surface area contributed by atoms with Crippen LogP contribution < -0.4 is 5.32 Å². The minimum atomic E-state index is -5.01. The summed E-state index contributed by atoms with van der Waals surface area (Å²) in [5, 5.41) is 10.5. The van der Waals surface area contributed by atoms with Crippen LogP contribution in [0.3, 0.4) is 0 Å². The van der Waals surface area contributed by atoms with Gasteiger partial charge in [-0.1, -0.05) is 40.8 Å². The third kappa shape index (κ3) is 4.43. The van der Waals surface area contributed by atoms with Crippen molar-refractivity contribution in [2.24, 2.45) is 0 Å². The van der Waals surface area contributed by atoms with Crippen molar-refractivity contribution < 1.29 is 22.9 Å². The molecule has 21 heavy (non-hydrogen) atoms. The zero-order valence-electron chi connectivity index (χ0n) is 10.2. The number of anilines is 1. The lowest BCUT2D eigenvalue weighted by atomic mass is 10.0. The highest BCUT2D eigenvalue weighted by atomic mass is 127. The fraction of sp³-hybridized carbons (Fsp3) is 0.364. The van der Waals surface area contributed by atoms with Gasteiger partial charge in [0.1, 0.15) is 5.38 Å². The van der Waals surface area contributed by atoms with E-state index in [1.54, 1.807) is 18.2 Å². The Balaban J connectivity index is 2.98. The Hall–Kier alpha value is -1.10. The molecule has 0 radical (unpaired) electrons. The fourth-order valence-electron chi connectivity index (χ4n) is 1.44. The molecule has 0 bridgehead atoms. The first kappa shape index (κ1) is 18.0. The van der Waals surface area contributed by atoms with Crippen LogP contribution in [0.1, 0.15) is 0 Å². The normalized spacial score (nSPS) is 15.9. The largest absolute Gasteiger partial charge is 0.411 e. The van der Waals surface area contributed by atoms with Gasteiger partial charge in [0.25, 0.3) is 0 Å². The summed E-state index contributed by atoms with van der Waals surface area (Å²) < 4.78 is 36.1. The Morgan fingerprint density at radius 2 is 1.90 bits per heavy atom. The summed E-state index contributed by atoms with van der Waals surface area (Å²) in [5.74, 6) is -1.16. The SMILES string of the molecule is O=C(Nc1ccccc1)C(Cl)C(I)(C[N+](=O)[O-])C(F)(F)F. The highest BCUT2D eigenvalue weighted by molar-refractivity contribution is 14.1. The molecular weight excluding hydrogens is 427 g/mol. The lowest BCUT2D eigenvalue weighted by Gasteiger charge is -2.29. The zero-order valence-corrected chi connectivity index (χ0v) is 13.1. The Kier molecular flexibility index (Phi) is 5.79. The first-order valence-electron chi connectivity index (χ1n) is 5.45. The topological polar surface area (TPSA) is 72.2 Å². The van der Waals surface area contributed by atoms with Crippen molar-refractivity contribution in [1.82, 2.24) is 0 Å². The second-order valence-electron chi connectivity index (χ2n) is 4.07. The standard InChI is InChI=1S/C11H9ClF3IN2O3/c12-8(9(19)17-7-4-2-1-3-5-7)10(16,6-18(20)21)11(13,14)15/h1-5,8H,6H2,(H,17,19). The van der Waals surface area contributed by atoms with Crippen molar-refractivity contribution in [2.45, 2.75) is 15.0 Å². The molecule has 0 heterocycles. The molecule has 0 fully saturated rings. The number of halogens is 5. The highest BCUT2D eigenvalue weighted by Gasteiger charge is 2.63. The zero-order chi connectivity index (χ0) is 16.3. The van der Waals surface area contributed by atoms with Gasteiger partial charge in [0.2, 0.25) is 15.9 Å². The molecule has 116 valence electrons. The summed E-state index contributed by atoms with van der Waals surface area (Å²) >= 11 is 6.39. The summed E-state index contributed by atoms with van der Waals surface area (Å²) in [5.41, 5.74) is 0.246. The molecule has 0 aliphatic heterocycles. The number of nitrogens with zero attached hydrogens (tertiary/aromatic N) is 1. The van der Waals surface area contributed by atoms with E-state index in [1.807, 2.05) is 0 Å². The van der Waals surface area contributed by atoms with Crippen molar-refractivity contribution in [1.29, 1.82) is 0 Å². The van der Waals surface area contributed by atoms with Crippen LogP contribution in [0.5, 0.6) is 0 Å². The van der Waals surface area contributed by atoms with Crippen LogP contribution in [0.25, 0.3) is 0 Å². The summed E-state index contributed by atoms with van der Waals surface area (Å²) in [7, 11) is 0. The first-order valence-corrected chi connectivity index (χ1v) is 6.97. The van der Waals surface area contributed by atoms with E-state index in [0.29, 0.717) is 0 Å². The van der Waals surface area contributed by atoms with Gasteiger partial charge >= 0.3 is 6.18 Å². The lowest BCUT2D eigenvalue weighted by Crippen LogP contribution is -2.55. The van der Waals surface area contributed by atoms with Crippen LogP contribution in [-0.2, 0) is 4.79 Å². The first-order chi connectivity index (χ1) is 9.58. The van der Waals surface area contributed by atoms with E-state index in [9.17, 15) is 28.1 Å². The Bertz CT molecular complexity index is 529. The van der Waals surface area contributed by atoms with Gasteiger partial charge in [-0.3, -0.25) is 14.9 Å². The van der Waals surface area contributed by atoms with E-state index in [-0.39, 0.29) is 5.69 Å². The molecule has 1 rings (SSSR count). The molecule has 0 aromatic heterocycles. The molecule has 0 saturated heterocycles. The van der Waals surface area contributed by atoms with Gasteiger partial charge in [-0.15, -0.1) is 11.6 Å². The lowest BCUT2D eigenvalue weighted by molar-refractivity contribution is -0.490. The maximum atomic E-state index is 13.0. The third-order valence-electron chi connectivity index (χ3n) is 2.50. The third-order valence-corrected chi connectivity index (χ3v) is 5.02. The molecule has 1 N–H and O–H groups in total. The Labute approximate surface area is 136 Å². The van der Waals surface area contributed by atoms with Gasteiger partial charge in [-0.05, 0) is 12.1 Å². The van der Waals surface area contributed by atoms with Crippen LogP contribution in [0, 0.1) is 10.1 Å². The van der Waals surface area contributed by atoms with Gasteiger partial charge in [-0.2, -0.15) is 13.2 Å². The number of carbonyl (C=O) groups excluding carboxylic acids is 1. The summed E-state index contributed by atoms with van der Waals surface area (Å²) in [6.45, 7) is -1.51. The molecule has 10 heteroatoms. The molecule has 0 saturated carbocycles. The highest BCUT2D eigenvalue weighted by Crippen LogP contribution is 2.43. The van der Waals surface area contributed by atoms with E-state index in [1.165, 1.54) is 12.1 Å². The second kappa shape index (κ2) is 6.77. The number of benzene rings is 1. The molecule has 0 spiro atoms. The fourth-order valence-corrected chi connectivity index (χ4v) is 2.24. The van der Waals surface area contributed by atoms with Crippen LogP contribution in [-0.4, -0.2) is 32.4 Å². The number of alkyl halides is 5. The molecule has 5 nitrogen and oxygen atoms in total. The van der Waals surface area contributed by atoms with Crippen LogP contribution >= 0.6 is 34.2 Å². The van der Waals surface area contributed by atoms with E-state index in [4.69, 9.17) is 11.6 Å². The predicted octanol–water partition coefficient (Wildman–Crippen LogP) is 3.25. The number of nitrogens with one attached hydrogen (secondary N) is 1. The van der Waals surface area contributed by atoms with Crippen molar-refractivity contribution in [3.8, 4) is 0 Å². The number of para-hydroxylation sites is 1. The molecule has 1 amide bonds. The van der Waals surface area contributed by atoms with Crippen LogP contribution in [0.4, 0.5) is 18.9 Å². The second-order valence-corrected chi connectivity index (χ2v) is 6.43. The van der Waals surface area contributed by atoms with E-state index >= 15 is 0 Å². The minimum absolute atomic E-state index is 0.246. The molecular formula is C11H9ClF3IN2O3. The molecule has 1 aromatic carbocycles. The number of rotatable bonds is 5. The number of amides is 1. The summed E-state index contributed by atoms with van der Waals surface area (Å²) in [6.07, 6.45) is -5.01. The molecule has 0 aliphatic carbocycles. The van der Waals surface area contributed by atoms with Gasteiger partial charge in [-0.25, -0.2) is 0 Å². The van der Waals surface area contributed by atoms with Crippen molar-refractivity contribution in [3.05, 3.63) is 40.4 Å². The van der Waals surface area contributed by atoms with Crippen molar-refractivity contribution in [3.63, 3.8) is 0 Å². The number of carbonyl (C=O) groups is 1. The number of hydrogen-bond donors (Lipinski definition) is 1. The minimum Gasteiger partial charge on any atom is -0.325 e. The van der Waals surface area contributed by atoms with Gasteiger partial charge in [0.05, 0.1) is 0 Å². The Morgan fingerprint density at radius 3 is 2.33 bits per heavy atom. The molecule has 1 aromatic rings. The van der Waals surface area contributed by atoms with Gasteiger partial charge < -0.3 is 5.32 Å². The summed E-state index contributed by atoms with van der Waals surface area (Å²) in [4.78, 5) is 21.1. The van der Waals surface area contributed by atoms with Gasteiger partial charge in [0.15, 0.2) is 0 Å². The predicted molar refractivity (Wildman–Crippen MR) is 79.4 cm³/mol. The average molecular weight is 437 g/mol. The smallest absolute Gasteiger partial charge is 0.325 e. The number of nitro groups is 1. The van der Waals surface area contributed by atoms with Crippen molar-refractivity contribution >= 4 is 45.8 Å².